The molecule has 2 aromatic rings. The van der Waals surface area contributed by atoms with E-state index in [1.54, 1.807) is 0 Å². The summed E-state index contributed by atoms with van der Waals surface area (Å²) in [7, 11) is 0. The van der Waals surface area contributed by atoms with Crippen LogP contribution in [0.15, 0.2) is 24.4 Å². The zero-order chi connectivity index (χ0) is 14.1. The van der Waals surface area contributed by atoms with E-state index in [0.29, 0.717) is 6.04 Å². The van der Waals surface area contributed by atoms with Gasteiger partial charge < -0.3 is 5.11 Å². The summed E-state index contributed by atoms with van der Waals surface area (Å²) >= 11 is 0. The molecule has 0 saturated carbocycles. The zero-order valence-corrected chi connectivity index (χ0v) is 11.6. The van der Waals surface area contributed by atoms with Gasteiger partial charge in [-0.25, -0.2) is 0 Å². The fourth-order valence-corrected chi connectivity index (χ4v) is 2.98. The topological polar surface area (TPSA) is 58.4 Å². The molecule has 0 radical (unpaired) electrons. The lowest BCUT2D eigenvalue weighted by atomic mass is 10.0. The van der Waals surface area contributed by atoms with E-state index in [1.807, 2.05) is 11.1 Å². The van der Waals surface area contributed by atoms with E-state index < -0.39 is 5.97 Å². The number of carboxylic acid groups (broad SMARTS) is 1. The monoisotopic (exact) mass is 273 g/mol. The number of benzene rings is 1. The maximum Gasteiger partial charge on any atom is 0.317 e. The Hall–Kier alpha value is -1.88. The molecule has 2 heterocycles. The Labute approximate surface area is 117 Å². The van der Waals surface area contributed by atoms with Gasteiger partial charge in [0.1, 0.15) is 0 Å². The van der Waals surface area contributed by atoms with Gasteiger partial charge in [0, 0.05) is 18.5 Å². The van der Waals surface area contributed by atoms with Crippen LogP contribution in [0.1, 0.15) is 24.4 Å². The van der Waals surface area contributed by atoms with Crippen LogP contribution in [-0.4, -0.2) is 45.4 Å². The molecule has 1 aliphatic heterocycles. The van der Waals surface area contributed by atoms with E-state index in [9.17, 15) is 4.79 Å². The van der Waals surface area contributed by atoms with Gasteiger partial charge in [-0.1, -0.05) is 11.6 Å². The number of nitrogens with zero attached hydrogens (tertiary/aromatic N) is 3. The van der Waals surface area contributed by atoms with E-state index >= 15 is 0 Å². The summed E-state index contributed by atoms with van der Waals surface area (Å²) in [4.78, 5) is 12.7. The number of carbonyl (C=O) groups is 1. The second-order valence-electron chi connectivity index (χ2n) is 5.55. The third-order valence-corrected chi connectivity index (χ3v) is 4.01. The smallest absolute Gasteiger partial charge is 0.317 e. The van der Waals surface area contributed by atoms with Crippen molar-refractivity contribution in [3.8, 4) is 0 Å². The van der Waals surface area contributed by atoms with Crippen molar-refractivity contribution in [2.45, 2.75) is 25.8 Å². The summed E-state index contributed by atoms with van der Waals surface area (Å²) in [6, 6.07) is 6.76. The molecule has 3 rings (SSSR count). The van der Waals surface area contributed by atoms with Gasteiger partial charge in [-0.15, -0.1) is 0 Å². The van der Waals surface area contributed by atoms with Crippen molar-refractivity contribution in [2.75, 3.05) is 19.6 Å². The van der Waals surface area contributed by atoms with E-state index in [1.165, 1.54) is 16.5 Å². The summed E-state index contributed by atoms with van der Waals surface area (Å²) in [5.74, 6) is -0.747. The third-order valence-electron chi connectivity index (χ3n) is 4.01. The van der Waals surface area contributed by atoms with E-state index in [4.69, 9.17) is 5.11 Å². The number of hydrogen-bond acceptors (Lipinski definition) is 3. The molecule has 106 valence electrons. The fourth-order valence-electron chi connectivity index (χ4n) is 2.98. The minimum Gasteiger partial charge on any atom is -0.480 e. The molecule has 1 aromatic carbocycles. The second kappa shape index (κ2) is 5.25. The van der Waals surface area contributed by atoms with Gasteiger partial charge in [0.05, 0.1) is 24.3 Å². The Morgan fingerprint density at radius 1 is 1.40 bits per heavy atom. The van der Waals surface area contributed by atoms with Gasteiger partial charge in [0.2, 0.25) is 0 Å². The quantitative estimate of drug-likeness (QED) is 0.930. The van der Waals surface area contributed by atoms with Crippen LogP contribution in [0, 0.1) is 6.92 Å². The Kier molecular flexibility index (Phi) is 3.44. The normalized spacial score (nSPS) is 17.6. The first-order valence-electron chi connectivity index (χ1n) is 7.01. The molecule has 5 heteroatoms. The summed E-state index contributed by atoms with van der Waals surface area (Å²) in [6.07, 6.45) is 3.84. The number of hydrogen-bond donors (Lipinski definition) is 1. The SMILES string of the molecule is Cc1ccc2c(cnn2C2CCN(CC(=O)O)CC2)c1. The van der Waals surface area contributed by atoms with Crippen LogP contribution in [0.5, 0.6) is 0 Å². The highest BCUT2D eigenvalue weighted by atomic mass is 16.4. The number of aryl methyl sites for hydroxylation is 1. The minimum absolute atomic E-state index is 0.145. The van der Waals surface area contributed by atoms with Gasteiger partial charge in [-0.2, -0.15) is 5.10 Å². The average molecular weight is 273 g/mol. The molecule has 1 saturated heterocycles. The van der Waals surface area contributed by atoms with E-state index in [-0.39, 0.29) is 6.54 Å². The van der Waals surface area contributed by atoms with Crippen molar-refractivity contribution in [3.63, 3.8) is 0 Å². The summed E-state index contributed by atoms with van der Waals surface area (Å²) in [6.45, 7) is 3.88. The van der Waals surface area contributed by atoms with Crippen LogP contribution >= 0.6 is 0 Å². The first-order valence-corrected chi connectivity index (χ1v) is 7.01. The number of aromatic nitrogens is 2. The molecular weight excluding hydrogens is 254 g/mol. The number of piperidine rings is 1. The molecule has 1 fully saturated rings. The largest absolute Gasteiger partial charge is 0.480 e. The van der Waals surface area contributed by atoms with Crippen molar-refractivity contribution in [1.29, 1.82) is 0 Å². The number of rotatable bonds is 3. The lowest BCUT2D eigenvalue weighted by Gasteiger charge is -2.31. The van der Waals surface area contributed by atoms with Gasteiger partial charge in [-0.05, 0) is 31.9 Å². The molecule has 0 atom stereocenters. The van der Waals surface area contributed by atoms with Crippen LogP contribution < -0.4 is 0 Å². The average Bonchev–Trinajstić information content (AvgIpc) is 2.82. The van der Waals surface area contributed by atoms with Crippen LogP contribution in [0.4, 0.5) is 0 Å². The number of aliphatic carboxylic acids is 1. The summed E-state index contributed by atoms with van der Waals surface area (Å²) in [5, 5.41) is 14.5. The summed E-state index contributed by atoms with van der Waals surface area (Å²) in [5.41, 5.74) is 2.42. The predicted octanol–water partition coefficient (Wildman–Crippen LogP) is 2.07. The lowest BCUT2D eigenvalue weighted by molar-refractivity contribution is -0.138. The fraction of sp³-hybridized carbons (Fsp3) is 0.467. The second-order valence-corrected chi connectivity index (χ2v) is 5.55. The minimum atomic E-state index is -0.747. The van der Waals surface area contributed by atoms with Gasteiger partial charge >= 0.3 is 5.97 Å². The van der Waals surface area contributed by atoms with Crippen molar-refractivity contribution < 1.29 is 9.90 Å². The lowest BCUT2D eigenvalue weighted by Crippen LogP contribution is -2.38. The molecule has 20 heavy (non-hydrogen) atoms. The molecule has 5 nitrogen and oxygen atoms in total. The van der Waals surface area contributed by atoms with Crippen molar-refractivity contribution in [1.82, 2.24) is 14.7 Å². The highest BCUT2D eigenvalue weighted by molar-refractivity contribution is 5.79. The van der Waals surface area contributed by atoms with E-state index in [0.717, 1.165) is 25.9 Å². The van der Waals surface area contributed by atoms with Gasteiger partial charge in [-0.3, -0.25) is 14.4 Å². The standard InChI is InChI=1S/C15H19N3O2/c1-11-2-3-14-12(8-11)9-16-18(14)13-4-6-17(7-5-13)10-15(19)20/h2-3,8-9,13H,4-7,10H2,1H3,(H,19,20). The van der Waals surface area contributed by atoms with Crippen molar-refractivity contribution >= 4 is 16.9 Å². The van der Waals surface area contributed by atoms with Gasteiger partial charge in [0.25, 0.3) is 0 Å². The molecule has 0 unspecified atom stereocenters. The Bertz CT molecular complexity index is 627. The highest BCUT2D eigenvalue weighted by Gasteiger charge is 2.23. The molecule has 0 spiro atoms. The number of fused-ring (bicyclic) bond motifs is 1. The molecule has 1 aromatic heterocycles. The summed E-state index contributed by atoms with van der Waals surface area (Å²) < 4.78 is 2.10. The molecule has 0 aliphatic carbocycles. The Morgan fingerprint density at radius 2 is 2.15 bits per heavy atom. The predicted molar refractivity (Wildman–Crippen MR) is 76.8 cm³/mol. The number of carboxylic acids is 1. The third kappa shape index (κ3) is 2.54. The van der Waals surface area contributed by atoms with E-state index in [2.05, 4.69) is 34.9 Å². The highest BCUT2D eigenvalue weighted by Crippen LogP contribution is 2.26. The first kappa shape index (κ1) is 13.1. The molecule has 1 aliphatic rings. The molecule has 0 amide bonds. The van der Waals surface area contributed by atoms with Crippen molar-refractivity contribution in [3.05, 3.63) is 30.0 Å². The van der Waals surface area contributed by atoms with Crippen LogP contribution in [0.3, 0.4) is 0 Å². The first-order chi connectivity index (χ1) is 9.63. The number of likely N-dealkylation sites (tertiary alicyclic amines) is 1. The molecular formula is C15H19N3O2. The van der Waals surface area contributed by atoms with Crippen LogP contribution in [0.25, 0.3) is 10.9 Å². The van der Waals surface area contributed by atoms with Crippen LogP contribution in [0.2, 0.25) is 0 Å². The van der Waals surface area contributed by atoms with Gasteiger partial charge in [0.15, 0.2) is 0 Å². The zero-order valence-electron chi connectivity index (χ0n) is 11.6. The van der Waals surface area contributed by atoms with Crippen LogP contribution in [-0.2, 0) is 4.79 Å². The van der Waals surface area contributed by atoms with Crippen molar-refractivity contribution in [2.24, 2.45) is 0 Å². The Balaban J connectivity index is 1.75. The Morgan fingerprint density at radius 3 is 2.85 bits per heavy atom. The molecule has 0 bridgehead atoms. The maximum absolute atomic E-state index is 10.7. The maximum atomic E-state index is 10.7. The molecule has 1 N–H and O–H groups in total.